The van der Waals surface area contributed by atoms with E-state index < -0.39 is 6.09 Å². The average Bonchev–Trinajstić information content (AvgIpc) is 3.14. The lowest BCUT2D eigenvalue weighted by atomic mass is 9.88. The number of H-pyrrole nitrogens is 1. The number of carbonyl (C=O) groups is 1. The number of anilines is 1. The summed E-state index contributed by atoms with van der Waals surface area (Å²) in [4.78, 5) is 18.0. The van der Waals surface area contributed by atoms with Gasteiger partial charge in [0.25, 0.3) is 0 Å². The molecule has 5 nitrogen and oxygen atoms in total. The first-order chi connectivity index (χ1) is 13.6. The minimum Gasteiger partial charge on any atom is -0.449 e. The number of rotatable bonds is 7. The number of nitrogens with zero attached hydrogens (tertiary/aromatic N) is 1. The molecule has 1 unspecified atom stereocenters. The van der Waals surface area contributed by atoms with Crippen molar-refractivity contribution < 1.29 is 9.53 Å². The van der Waals surface area contributed by atoms with E-state index in [1.54, 1.807) is 0 Å². The molecule has 1 aromatic carbocycles. The molecule has 2 heterocycles. The van der Waals surface area contributed by atoms with Gasteiger partial charge < -0.3 is 14.6 Å². The molecule has 152 valence electrons. The van der Waals surface area contributed by atoms with Crippen molar-refractivity contribution in [3.63, 3.8) is 0 Å². The molecular weight excluding hydrogens is 350 g/mol. The Morgan fingerprint density at radius 1 is 1.39 bits per heavy atom. The second kappa shape index (κ2) is 9.78. The number of nitrogens with one attached hydrogen (secondary N) is 2. The Bertz CT molecular complexity index is 803. The van der Waals surface area contributed by atoms with Gasteiger partial charge in [0.05, 0.1) is 6.61 Å². The molecule has 1 aliphatic heterocycles. The first-order valence-corrected chi connectivity index (χ1v) is 10.5. The highest BCUT2D eigenvalue weighted by molar-refractivity contribution is 5.91. The Hall–Kier alpha value is -2.27. The van der Waals surface area contributed by atoms with E-state index in [0.717, 1.165) is 30.7 Å². The lowest BCUT2D eigenvalue weighted by Gasteiger charge is -2.35. The number of allylic oxidation sites excluding steroid dienone is 1. The van der Waals surface area contributed by atoms with Crippen LogP contribution in [-0.4, -0.2) is 41.7 Å². The highest BCUT2D eigenvalue weighted by atomic mass is 16.5. The molecule has 1 aromatic heterocycles. The van der Waals surface area contributed by atoms with Gasteiger partial charge in [0, 0.05) is 28.8 Å². The normalized spacial score (nSPS) is 17.2. The first-order valence-electron chi connectivity index (χ1n) is 10.5. The van der Waals surface area contributed by atoms with Crippen molar-refractivity contribution in [3.8, 4) is 0 Å². The summed E-state index contributed by atoms with van der Waals surface area (Å²) in [5.74, 6) is 0.567. The van der Waals surface area contributed by atoms with Crippen LogP contribution in [0.5, 0.6) is 0 Å². The summed E-state index contributed by atoms with van der Waals surface area (Å²) in [7, 11) is 0. The van der Waals surface area contributed by atoms with Crippen molar-refractivity contribution in [2.75, 3.05) is 25.0 Å². The van der Waals surface area contributed by atoms with Crippen molar-refractivity contribution in [3.05, 3.63) is 42.1 Å². The number of fused-ring (bicyclic) bond motifs is 1. The van der Waals surface area contributed by atoms with Gasteiger partial charge in [-0.2, -0.15) is 0 Å². The average molecular weight is 384 g/mol. The summed E-state index contributed by atoms with van der Waals surface area (Å²) >= 11 is 0. The second-order valence-electron chi connectivity index (χ2n) is 7.69. The number of likely N-dealkylation sites (tertiary alicyclic amines) is 1. The molecule has 28 heavy (non-hydrogen) atoms. The van der Waals surface area contributed by atoms with E-state index in [9.17, 15) is 4.79 Å². The molecule has 5 heteroatoms. The molecule has 0 saturated carbocycles. The van der Waals surface area contributed by atoms with Crippen LogP contribution in [0.25, 0.3) is 10.9 Å². The van der Waals surface area contributed by atoms with Crippen molar-refractivity contribution in [2.24, 2.45) is 0 Å². The van der Waals surface area contributed by atoms with Crippen LogP contribution in [0.2, 0.25) is 0 Å². The van der Waals surface area contributed by atoms with Crippen LogP contribution < -0.4 is 5.32 Å². The van der Waals surface area contributed by atoms with Crippen LogP contribution in [0.4, 0.5) is 10.5 Å². The molecule has 3 rings (SSSR count). The van der Waals surface area contributed by atoms with Crippen molar-refractivity contribution in [1.82, 2.24) is 9.88 Å². The van der Waals surface area contributed by atoms with Gasteiger partial charge >= 0.3 is 6.09 Å². The second-order valence-corrected chi connectivity index (χ2v) is 7.69. The summed E-state index contributed by atoms with van der Waals surface area (Å²) in [6.45, 7) is 9.24. The standard InChI is InChI=1S/C23H33N3O2/c1-4-6-7-14-28-23(27)25-19-8-9-22-20(15-19)21(16-24-22)18-10-12-26(13-11-18)17(3)5-2/h4,6,8-9,15-18,24H,5,7,10-14H2,1-3H3,(H,25,27)/b6-4+. The molecule has 0 spiro atoms. The zero-order valence-corrected chi connectivity index (χ0v) is 17.3. The van der Waals surface area contributed by atoms with Gasteiger partial charge in [0.1, 0.15) is 0 Å². The van der Waals surface area contributed by atoms with Crippen molar-refractivity contribution >= 4 is 22.7 Å². The predicted octanol–water partition coefficient (Wildman–Crippen LogP) is 5.66. The van der Waals surface area contributed by atoms with E-state index >= 15 is 0 Å². The summed E-state index contributed by atoms with van der Waals surface area (Å²) in [6, 6.07) is 6.68. The quantitative estimate of drug-likeness (QED) is 0.479. The Morgan fingerprint density at radius 3 is 2.89 bits per heavy atom. The zero-order valence-electron chi connectivity index (χ0n) is 17.3. The Labute approximate surface area is 168 Å². The number of ether oxygens (including phenoxy) is 1. The van der Waals surface area contributed by atoms with Crippen LogP contribution in [-0.2, 0) is 4.74 Å². The van der Waals surface area contributed by atoms with E-state index in [-0.39, 0.29) is 0 Å². The van der Waals surface area contributed by atoms with Gasteiger partial charge in [0.15, 0.2) is 0 Å². The molecular formula is C23H33N3O2. The number of benzene rings is 1. The third kappa shape index (κ3) is 4.96. The fraction of sp³-hybridized carbons (Fsp3) is 0.522. The lowest BCUT2D eigenvalue weighted by Crippen LogP contribution is -2.39. The topological polar surface area (TPSA) is 57.4 Å². The lowest BCUT2D eigenvalue weighted by molar-refractivity contribution is 0.158. The summed E-state index contributed by atoms with van der Waals surface area (Å²) in [5.41, 5.74) is 3.26. The Kier molecular flexibility index (Phi) is 7.15. The fourth-order valence-electron chi connectivity index (χ4n) is 4.01. The van der Waals surface area contributed by atoms with Gasteiger partial charge in [-0.25, -0.2) is 4.79 Å². The third-order valence-electron chi connectivity index (χ3n) is 5.90. The highest BCUT2D eigenvalue weighted by Crippen LogP contribution is 2.34. The predicted molar refractivity (Wildman–Crippen MR) is 116 cm³/mol. The maximum absolute atomic E-state index is 12.0. The van der Waals surface area contributed by atoms with Crippen LogP contribution in [0.3, 0.4) is 0 Å². The van der Waals surface area contributed by atoms with Gasteiger partial charge in [-0.15, -0.1) is 0 Å². The molecule has 2 aromatic rings. The maximum atomic E-state index is 12.0. The van der Waals surface area contributed by atoms with Crippen LogP contribution >= 0.6 is 0 Å². The number of aromatic nitrogens is 1. The smallest absolute Gasteiger partial charge is 0.411 e. The molecule has 2 N–H and O–H groups in total. The molecule has 1 atom stereocenters. The van der Waals surface area contributed by atoms with Crippen LogP contribution in [0.15, 0.2) is 36.5 Å². The molecule has 0 radical (unpaired) electrons. The minimum atomic E-state index is -0.400. The summed E-state index contributed by atoms with van der Waals surface area (Å²) in [5, 5.41) is 4.06. The van der Waals surface area contributed by atoms with Gasteiger partial charge in [-0.1, -0.05) is 19.1 Å². The maximum Gasteiger partial charge on any atom is 0.411 e. The van der Waals surface area contributed by atoms with E-state index in [0.29, 0.717) is 18.6 Å². The molecule has 0 bridgehead atoms. The van der Waals surface area contributed by atoms with Crippen molar-refractivity contribution in [1.29, 1.82) is 0 Å². The monoisotopic (exact) mass is 383 g/mol. The fourth-order valence-corrected chi connectivity index (χ4v) is 4.01. The van der Waals surface area contributed by atoms with E-state index in [1.807, 2.05) is 31.2 Å². The van der Waals surface area contributed by atoms with Crippen molar-refractivity contribution in [2.45, 2.75) is 58.4 Å². The third-order valence-corrected chi connectivity index (χ3v) is 5.90. The molecule has 0 aliphatic carbocycles. The minimum absolute atomic E-state index is 0.391. The van der Waals surface area contributed by atoms with Gasteiger partial charge in [0.2, 0.25) is 0 Å². The molecule has 1 saturated heterocycles. The number of aromatic amines is 1. The van der Waals surface area contributed by atoms with Crippen LogP contribution in [0.1, 0.15) is 57.9 Å². The largest absolute Gasteiger partial charge is 0.449 e. The molecule has 1 amide bonds. The number of amides is 1. The van der Waals surface area contributed by atoms with Gasteiger partial charge in [-0.05, 0) is 82.3 Å². The van der Waals surface area contributed by atoms with Crippen LogP contribution in [0, 0.1) is 0 Å². The Balaban J connectivity index is 1.65. The first kappa shape index (κ1) is 20.5. The van der Waals surface area contributed by atoms with E-state index in [2.05, 4.69) is 41.3 Å². The number of carbonyl (C=O) groups excluding carboxylic acids is 1. The highest BCUT2D eigenvalue weighted by Gasteiger charge is 2.24. The SMILES string of the molecule is C/C=C/CCOC(=O)Nc1ccc2[nH]cc(C3CCN(C(C)CC)CC3)c2c1. The van der Waals surface area contributed by atoms with E-state index in [1.165, 1.54) is 30.2 Å². The van der Waals surface area contributed by atoms with E-state index in [4.69, 9.17) is 4.74 Å². The summed E-state index contributed by atoms with van der Waals surface area (Å²) < 4.78 is 5.22. The zero-order chi connectivity index (χ0) is 19.9. The summed E-state index contributed by atoms with van der Waals surface area (Å²) in [6.07, 6.45) is 9.99. The molecule has 1 aliphatic rings. The number of hydrogen-bond donors (Lipinski definition) is 2. The molecule has 1 fully saturated rings. The Morgan fingerprint density at radius 2 is 2.18 bits per heavy atom. The number of hydrogen-bond acceptors (Lipinski definition) is 3. The number of piperidine rings is 1. The van der Waals surface area contributed by atoms with Gasteiger partial charge in [-0.3, -0.25) is 5.32 Å².